The van der Waals surface area contributed by atoms with E-state index in [1.165, 1.54) is 0 Å². The lowest BCUT2D eigenvalue weighted by molar-refractivity contribution is -0.137. The summed E-state index contributed by atoms with van der Waals surface area (Å²) in [5.41, 5.74) is -5.15. The number of nitrogens with two attached hydrogens (primary N) is 1. The lowest BCUT2D eigenvalue weighted by Crippen LogP contribution is -2.49. The Morgan fingerprint density at radius 3 is 2.38 bits per heavy atom. The van der Waals surface area contributed by atoms with Crippen LogP contribution in [0.1, 0.15) is 37.4 Å². The molecule has 18 heteroatoms. The molecule has 9 nitrogen and oxygen atoms in total. The molecule has 50 heavy (non-hydrogen) atoms. The van der Waals surface area contributed by atoms with E-state index >= 15 is 0 Å². The molecule has 2 aliphatic rings. The summed E-state index contributed by atoms with van der Waals surface area (Å²) in [4.78, 5) is 41.9. The standard InChI is InChI=1S/C32H30ClF7N4O5Si/c1-50(2,3)7-6-49-14-44-24(45)13-43(12-23(36)37)22-11-17(25-18(29(41)46)8-16(35)10-20(25)32(38,39)40)27-26(28(22)44)30(47)42-31(27,48)19-9-15(34)4-5-21(19)33/h4-5,8-11,23,48H,6-7,12-14H2,1-3H3,(H2,41,46)(H,42,47). The fourth-order valence-corrected chi connectivity index (χ4v) is 7.02. The molecule has 3 aromatic rings. The minimum Gasteiger partial charge on any atom is -0.366 e. The van der Waals surface area contributed by atoms with Gasteiger partial charge in [-0.05, 0) is 48.0 Å². The zero-order chi connectivity index (χ0) is 37.1. The van der Waals surface area contributed by atoms with Gasteiger partial charge in [-0.1, -0.05) is 31.2 Å². The topological polar surface area (TPSA) is 125 Å². The first-order valence-corrected chi connectivity index (χ1v) is 19.1. The van der Waals surface area contributed by atoms with Crippen molar-refractivity contribution in [3.8, 4) is 11.1 Å². The molecular formula is C32H30ClF7N4O5Si. The fourth-order valence-electron chi connectivity index (χ4n) is 6.01. The molecule has 1 atom stereocenters. The number of anilines is 2. The van der Waals surface area contributed by atoms with Crippen molar-refractivity contribution < 1.29 is 55.0 Å². The van der Waals surface area contributed by atoms with Crippen LogP contribution in [0.15, 0.2) is 36.4 Å². The number of carbonyl (C=O) groups excluding carboxylic acids is 3. The maximum atomic E-state index is 14.7. The van der Waals surface area contributed by atoms with Crippen molar-refractivity contribution in [2.75, 3.05) is 36.2 Å². The predicted molar refractivity (Wildman–Crippen MR) is 172 cm³/mol. The zero-order valence-electron chi connectivity index (χ0n) is 26.7. The smallest absolute Gasteiger partial charge is 0.366 e. The van der Waals surface area contributed by atoms with Crippen LogP contribution in [0, 0.1) is 11.6 Å². The van der Waals surface area contributed by atoms with Crippen LogP contribution in [-0.2, 0) is 21.4 Å². The van der Waals surface area contributed by atoms with Gasteiger partial charge in [0.2, 0.25) is 11.8 Å². The summed E-state index contributed by atoms with van der Waals surface area (Å²) in [5, 5.41) is 14.1. The molecule has 2 aliphatic heterocycles. The maximum Gasteiger partial charge on any atom is 0.417 e. The van der Waals surface area contributed by atoms with Crippen LogP contribution in [0.2, 0.25) is 30.7 Å². The van der Waals surface area contributed by atoms with Crippen LogP contribution in [0.25, 0.3) is 11.1 Å². The Labute approximate surface area is 286 Å². The van der Waals surface area contributed by atoms with E-state index in [1.54, 1.807) is 0 Å². The van der Waals surface area contributed by atoms with Crippen molar-refractivity contribution >= 4 is 48.8 Å². The predicted octanol–water partition coefficient (Wildman–Crippen LogP) is 6.07. The van der Waals surface area contributed by atoms with Crippen molar-refractivity contribution in [3.05, 3.63) is 80.9 Å². The molecule has 0 aromatic heterocycles. The van der Waals surface area contributed by atoms with Gasteiger partial charge < -0.3 is 25.8 Å². The highest BCUT2D eigenvalue weighted by Crippen LogP contribution is 2.53. The van der Waals surface area contributed by atoms with Crippen LogP contribution >= 0.6 is 11.6 Å². The highest BCUT2D eigenvalue weighted by Gasteiger charge is 2.52. The van der Waals surface area contributed by atoms with Gasteiger partial charge in [-0.3, -0.25) is 19.3 Å². The first-order chi connectivity index (χ1) is 23.1. The van der Waals surface area contributed by atoms with Crippen LogP contribution in [-0.4, -0.2) is 63.8 Å². The van der Waals surface area contributed by atoms with E-state index in [0.717, 1.165) is 28.0 Å². The third-order valence-corrected chi connectivity index (χ3v) is 10.3. The van der Waals surface area contributed by atoms with E-state index < -0.39 is 120 Å². The van der Waals surface area contributed by atoms with Gasteiger partial charge in [0.15, 0.2) is 5.72 Å². The second-order valence-electron chi connectivity index (χ2n) is 13.0. The van der Waals surface area contributed by atoms with E-state index in [2.05, 4.69) is 25.0 Å². The summed E-state index contributed by atoms with van der Waals surface area (Å²) >= 11 is 6.33. The van der Waals surface area contributed by atoms with E-state index in [0.29, 0.717) is 18.2 Å². The van der Waals surface area contributed by atoms with Gasteiger partial charge >= 0.3 is 6.18 Å². The van der Waals surface area contributed by atoms with Gasteiger partial charge in [0.05, 0.1) is 41.2 Å². The first kappa shape index (κ1) is 37.1. The minimum atomic E-state index is -5.40. The SMILES string of the molecule is C[Si](C)(C)CCOCN1C(=O)CN(CC(F)F)c2cc(-c3c(C(N)=O)cc(F)cc3C(F)(F)F)c3c(c21)C(=O)NC3(O)c1cc(F)ccc1Cl. The first-order valence-electron chi connectivity index (χ1n) is 15.0. The molecule has 4 N–H and O–H groups in total. The number of nitrogens with zero attached hydrogens (tertiary/aromatic N) is 2. The molecule has 3 aromatic carbocycles. The van der Waals surface area contributed by atoms with Gasteiger partial charge in [0, 0.05) is 36.4 Å². The lowest BCUT2D eigenvalue weighted by Gasteiger charge is -2.39. The number of rotatable bonds is 10. The highest BCUT2D eigenvalue weighted by molar-refractivity contribution is 6.76. The monoisotopic (exact) mass is 746 g/mol. The largest absolute Gasteiger partial charge is 0.417 e. The number of carbonyl (C=O) groups is 3. The summed E-state index contributed by atoms with van der Waals surface area (Å²) in [6.45, 7) is 3.91. The van der Waals surface area contributed by atoms with Crippen molar-refractivity contribution in [2.45, 2.75) is 44.0 Å². The van der Waals surface area contributed by atoms with Crippen LogP contribution in [0.5, 0.6) is 0 Å². The summed E-state index contributed by atoms with van der Waals surface area (Å²) < 4.78 is 107. The van der Waals surface area contributed by atoms with Crippen molar-refractivity contribution in [1.82, 2.24) is 5.32 Å². The van der Waals surface area contributed by atoms with Gasteiger partial charge in [-0.25, -0.2) is 17.6 Å². The van der Waals surface area contributed by atoms with Crippen molar-refractivity contribution in [3.63, 3.8) is 0 Å². The number of halogens is 8. The molecule has 0 spiro atoms. The van der Waals surface area contributed by atoms with Crippen molar-refractivity contribution in [2.24, 2.45) is 5.73 Å². The highest BCUT2D eigenvalue weighted by atomic mass is 35.5. The van der Waals surface area contributed by atoms with Gasteiger partial charge in [-0.2, -0.15) is 13.2 Å². The third kappa shape index (κ3) is 6.91. The summed E-state index contributed by atoms with van der Waals surface area (Å²) in [5.74, 6) is -6.15. The van der Waals surface area contributed by atoms with E-state index in [9.17, 15) is 50.2 Å². The Morgan fingerprint density at radius 1 is 1.10 bits per heavy atom. The molecule has 2 heterocycles. The number of nitrogens with one attached hydrogen (secondary N) is 1. The van der Waals surface area contributed by atoms with E-state index in [1.807, 2.05) is 0 Å². The number of primary amides is 1. The summed E-state index contributed by atoms with van der Waals surface area (Å²) in [6.07, 6.45) is -8.49. The molecule has 0 radical (unpaired) electrons. The number of hydrogen-bond donors (Lipinski definition) is 3. The average molecular weight is 747 g/mol. The second kappa shape index (κ2) is 13.2. The average Bonchev–Trinajstić information content (AvgIpc) is 3.26. The number of ether oxygens (including phenoxy) is 1. The van der Waals surface area contributed by atoms with E-state index in [4.69, 9.17) is 22.1 Å². The number of amides is 3. The van der Waals surface area contributed by atoms with E-state index in [-0.39, 0.29) is 23.4 Å². The number of alkyl halides is 5. The van der Waals surface area contributed by atoms with Gasteiger partial charge in [-0.15, -0.1) is 0 Å². The summed E-state index contributed by atoms with van der Waals surface area (Å²) in [6, 6.07) is 4.51. The molecule has 0 saturated carbocycles. The lowest BCUT2D eigenvalue weighted by atomic mass is 9.82. The molecule has 0 bridgehead atoms. The Hall–Kier alpha value is -4.19. The Kier molecular flexibility index (Phi) is 9.76. The quantitative estimate of drug-likeness (QED) is 0.132. The molecule has 268 valence electrons. The second-order valence-corrected chi connectivity index (χ2v) is 19.0. The van der Waals surface area contributed by atoms with Crippen LogP contribution in [0.3, 0.4) is 0 Å². The van der Waals surface area contributed by atoms with Gasteiger partial charge in [0.25, 0.3) is 12.3 Å². The molecule has 0 aliphatic carbocycles. The van der Waals surface area contributed by atoms with Crippen LogP contribution in [0.4, 0.5) is 42.1 Å². The molecular weight excluding hydrogens is 717 g/mol. The molecule has 1 unspecified atom stereocenters. The number of benzene rings is 3. The zero-order valence-corrected chi connectivity index (χ0v) is 28.4. The molecule has 5 rings (SSSR count). The maximum absolute atomic E-state index is 14.7. The third-order valence-electron chi connectivity index (χ3n) is 8.24. The molecule has 0 fully saturated rings. The molecule has 0 saturated heterocycles. The van der Waals surface area contributed by atoms with Gasteiger partial charge in [0.1, 0.15) is 18.4 Å². The number of aliphatic hydroxyl groups is 1. The normalized spacial score (nSPS) is 17.7. The minimum absolute atomic E-state index is 0.0468. The summed E-state index contributed by atoms with van der Waals surface area (Å²) in [7, 11) is -1.66. The number of hydrogen-bond acceptors (Lipinski definition) is 6. The fraction of sp³-hybridized carbons (Fsp3) is 0.344. The number of fused-ring (bicyclic) bond motifs is 3. The van der Waals surface area contributed by atoms with Crippen molar-refractivity contribution in [1.29, 1.82) is 0 Å². The van der Waals surface area contributed by atoms with Crippen LogP contribution < -0.4 is 20.9 Å². The molecule has 3 amide bonds. The Balaban J connectivity index is 1.94. The Bertz CT molecular complexity index is 1910. The Morgan fingerprint density at radius 2 is 1.78 bits per heavy atom.